The highest BCUT2D eigenvalue weighted by molar-refractivity contribution is 5.94. The van der Waals surface area contributed by atoms with E-state index in [4.69, 9.17) is 4.74 Å². The molecule has 27 heavy (non-hydrogen) atoms. The SMILES string of the molecule is CCNC(=O)c1cccc(CNC(=NC)NCC2(CCOC)CCCC2)c1. The molecule has 1 saturated carbocycles. The molecule has 3 N–H and O–H groups in total. The second kappa shape index (κ2) is 10.9. The molecule has 150 valence electrons. The van der Waals surface area contributed by atoms with Gasteiger partial charge in [-0.2, -0.15) is 0 Å². The molecule has 1 fully saturated rings. The molecule has 0 aliphatic heterocycles. The van der Waals surface area contributed by atoms with E-state index >= 15 is 0 Å². The lowest BCUT2D eigenvalue weighted by atomic mass is 9.83. The minimum Gasteiger partial charge on any atom is -0.385 e. The Balaban J connectivity index is 1.88. The molecule has 1 amide bonds. The van der Waals surface area contributed by atoms with Crippen LogP contribution in [0.1, 0.15) is 54.9 Å². The molecule has 0 radical (unpaired) electrons. The lowest BCUT2D eigenvalue weighted by Gasteiger charge is -2.30. The number of aliphatic imine (C=N–C) groups is 1. The molecule has 1 aliphatic rings. The number of nitrogens with zero attached hydrogens (tertiary/aromatic N) is 1. The van der Waals surface area contributed by atoms with E-state index in [0.29, 0.717) is 24.1 Å². The molecule has 0 saturated heterocycles. The molecule has 2 rings (SSSR count). The minimum absolute atomic E-state index is 0.0387. The highest BCUT2D eigenvalue weighted by Gasteiger charge is 2.33. The smallest absolute Gasteiger partial charge is 0.251 e. The predicted molar refractivity (Wildman–Crippen MR) is 110 cm³/mol. The van der Waals surface area contributed by atoms with Gasteiger partial charge in [-0.25, -0.2) is 0 Å². The van der Waals surface area contributed by atoms with Gasteiger partial charge in [-0.15, -0.1) is 0 Å². The van der Waals surface area contributed by atoms with Crippen molar-refractivity contribution in [2.75, 3.05) is 33.9 Å². The number of ether oxygens (including phenoxy) is 1. The summed E-state index contributed by atoms with van der Waals surface area (Å²) >= 11 is 0. The topological polar surface area (TPSA) is 74.8 Å². The Kier molecular flexibility index (Phi) is 8.58. The Morgan fingerprint density at radius 1 is 1.22 bits per heavy atom. The molecular weight excluding hydrogens is 340 g/mol. The van der Waals surface area contributed by atoms with Crippen LogP contribution in [-0.4, -0.2) is 45.7 Å². The number of rotatable bonds is 9. The number of methoxy groups -OCH3 is 1. The van der Waals surface area contributed by atoms with E-state index in [1.165, 1.54) is 25.7 Å². The summed E-state index contributed by atoms with van der Waals surface area (Å²) in [5.41, 5.74) is 2.05. The average molecular weight is 375 g/mol. The van der Waals surface area contributed by atoms with Crippen LogP contribution in [0.15, 0.2) is 29.3 Å². The molecular formula is C21H34N4O2. The van der Waals surface area contributed by atoms with Gasteiger partial charge in [0.25, 0.3) is 5.91 Å². The van der Waals surface area contributed by atoms with Gasteiger partial charge >= 0.3 is 0 Å². The zero-order valence-electron chi connectivity index (χ0n) is 16.9. The lowest BCUT2D eigenvalue weighted by Crippen LogP contribution is -2.43. The van der Waals surface area contributed by atoms with Crippen molar-refractivity contribution >= 4 is 11.9 Å². The van der Waals surface area contributed by atoms with Crippen molar-refractivity contribution in [2.24, 2.45) is 10.4 Å². The Hall–Kier alpha value is -2.08. The first-order valence-corrected chi connectivity index (χ1v) is 9.93. The number of guanidine groups is 1. The maximum absolute atomic E-state index is 12.0. The summed E-state index contributed by atoms with van der Waals surface area (Å²) in [6.07, 6.45) is 6.17. The Morgan fingerprint density at radius 2 is 2.00 bits per heavy atom. The van der Waals surface area contributed by atoms with Gasteiger partial charge < -0.3 is 20.7 Å². The van der Waals surface area contributed by atoms with Crippen LogP contribution in [0.2, 0.25) is 0 Å². The molecule has 1 aromatic carbocycles. The highest BCUT2D eigenvalue weighted by Crippen LogP contribution is 2.40. The van der Waals surface area contributed by atoms with Crippen LogP contribution in [0.25, 0.3) is 0 Å². The third kappa shape index (κ3) is 6.54. The summed E-state index contributed by atoms with van der Waals surface area (Å²) in [7, 11) is 3.56. The summed E-state index contributed by atoms with van der Waals surface area (Å²) in [6.45, 7) is 4.89. The zero-order chi connectivity index (χ0) is 19.5. The Labute approximate surface area is 163 Å². The summed E-state index contributed by atoms with van der Waals surface area (Å²) in [4.78, 5) is 16.3. The van der Waals surface area contributed by atoms with Crippen molar-refractivity contribution in [2.45, 2.75) is 45.6 Å². The van der Waals surface area contributed by atoms with Crippen LogP contribution in [0, 0.1) is 5.41 Å². The van der Waals surface area contributed by atoms with Crippen LogP contribution in [0.5, 0.6) is 0 Å². The second-order valence-electron chi connectivity index (χ2n) is 7.29. The van der Waals surface area contributed by atoms with Gasteiger partial charge in [-0.05, 0) is 49.3 Å². The first kappa shape index (κ1) is 21.2. The molecule has 0 unspecified atom stereocenters. The fourth-order valence-corrected chi connectivity index (χ4v) is 3.72. The molecule has 0 atom stereocenters. The molecule has 6 heteroatoms. The normalized spacial score (nSPS) is 16.2. The summed E-state index contributed by atoms with van der Waals surface area (Å²) < 4.78 is 5.31. The van der Waals surface area contributed by atoms with Gasteiger partial charge in [0.05, 0.1) is 0 Å². The van der Waals surface area contributed by atoms with E-state index in [-0.39, 0.29) is 5.91 Å². The monoisotopic (exact) mass is 374 g/mol. The van der Waals surface area contributed by atoms with Gasteiger partial charge in [0.15, 0.2) is 5.96 Å². The number of benzene rings is 1. The second-order valence-corrected chi connectivity index (χ2v) is 7.29. The molecule has 0 bridgehead atoms. The van der Waals surface area contributed by atoms with E-state index in [2.05, 4.69) is 20.9 Å². The minimum atomic E-state index is -0.0387. The van der Waals surface area contributed by atoms with Crippen molar-refractivity contribution < 1.29 is 9.53 Å². The standard InChI is InChI=1S/C21H34N4O2/c1-4-23-19(26)18-9-7-8-17(14-18)15-24-20(22-2)25-16-21(12-13-27-3)10-5-6-11-21/h7-9,14H,4-6,10-13,15-16H2,1-3H3,(H,23,26)(H2,22,24,25). The first-order chi connectivity index (χ1) is 13.1. The van der Waals surface area contributed by atoms with Crippen LogP contribution in [0.4, 0.5) is 0 Å². The zero-order valence-corrected chi connectivity index (χ0v) is 16.9. The number of hydrogen-bond acceptors (Lipinski definition) is 3. The van der Waals surface area contributed by atoms with Crippen LogP contribution < -0.4 is 16.0 Å². The van der Waals surface area contributed by atoms with Crippen LogP contribution >= 0.6 is 0 Å². The molecule has 0 aromatic heterocycles. The van der Waals surface area contributed by atoms with E-state index in [1.807, 2.05) is 31.2 Å². The summed E-state index contributed by atoms with van der Waals surface area (Å²) in [6, 6.07) is 7.68. The largest absolute Gasteiger partial charge is 0.385 e. The number of amides is 1. The number of hydrogen-bond donors (Lipinski definition) is 3. The van der Waals surface area contributed by atoms with Gasteiger partial charge in [-0.1, -0.05) is 25.0 Å². The van der Waals surface area contributed by atoms with Gasteiger partial charge in [-0.3, -0.25) is 9.79 Å². The van der Waals surface area contributed by atoms with E-state index in [1.54, 1.807) is 14.2 Å². The fourth-order valence-electron chi connectivity index (χ4n) is 3.72. The van der Waals surface area contributed by atoms with Crippen molar-refractivity contribution in [3.05, 3.63) is 35.4 Å². The quantitative estimate of drug-likeness (QED) is 0.459. The molecule has 6 nitrogen and oxygen atoms in total. The third-order valence-corrected chi connectivity index (χ3v) is 5.34. The van der Waals surface area contributed by atoms with Crippen LogP contribution in [-0.2, 0) is 11.3 Å². The van der Waals surface area contributed by atoms with Gasteiger partial charge in [0.1, 0.15) is 0 Å². The van der Waals surface area contributed by atoms with E-state index in [0.717, 1.165) is 31.1 Å². The van der Waals surface area contributed by atoms with Crippen molar-refractivity contribution in [1.82, 2.24) is 16.0 Å². The maximum Gasteiger partial charge on any atom is 0.251 e. The fraction of sp³-hybridized carbons (Fsp3) is 0.619. The van der Waals surface area contributed by atoms with Gasteiger partial charge in [0, 0.05) is 46.0 Å². The molecule has 0 heterocycles. The summed E-state index contributed by atoms with van der Waals surface area (Å²) in [5.74, 6) is 0.755. The molecule has 1 aliphatic carbocycles. The number of carbonyl (C=O) groups excluding carboxylic acids is 1. The first-order valence-electron chi connectivity index (χ1n) is 9.93. The van der Waals surface area contributed by atoms with Crippen molar-refractivity contribution in [3.63, 3.8) is 0 Å². The van der Waals surface area contributed by atoms with E-state index < -0.39 is 0 Å². The van der Waals surface area contributed by atoms with E-state index in [9.17, 15) is 4.79 Å². The average Bonchev–Trinajstić information content (AvgIpc) is 3.16. The lowest BCUT2D eigenvalue weighted by molar-refractivity contribution is 0.0955. The predicted octanol–water partition coefficient (Wildman–Crippen LogP) is 2.70. The Bertz CT molecular complexity index is 624. The number of carbonyl (C=O) groups is 1. The maximum atomic E-state index is 12.0. The third-order valence-electron chi connectivity index (χ3n) is 5.34. The molecule has 0 spiro atoms. The number of nitrogens with one attached hydrogen (secondary N) is 3. The molecule has 1 aromatic rings. The van der Waals surface area contributed by atoms with Crippen molar-refractivity contribution in [3.8, 4) is 0 Å². The Morgan fingerprint density at radius 3 is 2.67 bits per heavy atom. The summed E-state index contributed by atoms with van der Waals surface area (Å²) in [5, 5.41) is 9.68. The van der Waals surface area contributed by atoms with Gasteiger partial charge in [0.2, 0.25) is 0 Å². The highest BCUT2D eigenvalue weighted by atomic mass is 16.5. The van der Waals surface area contributed by atoms with Crippen molar-refractivity contribution in [1.29, 1.82) is 0 Å². The van der Waals surface area contributed by atoms with Crippen LogP contribution in [0.3, 0.4) is 0 Å².